The first-order valence-electron chi connectivity index (χ1n) is 3.07. The largest absolute Gasteiger partial charge is 0.357 e. The van der Waals surface area contributed by atoms with E-state index in [0.29, 0.717) is 0 Å². The van der Waals surface area contributed by atoms with Gasteiger partial charge < -0.3 is 4.57 Å². The van der Waals surface area contributed by atoms with Crippen LogP contribution in [0.5, 0.6) is 0 Å². The predicted molar refractivity (Wildman–Crippen MR) is 40.5 cm³/mol. The second kappa shape index (κ2) is 3.01. The lowest BCUT2D eigenvalue weighted by atomic mass is 10.3. The van der Waals surface area contributed by atoms with Gasteiger partial charge in [0.1, 0.15) is 6.29 Å². The minimum atomic E-state index is 0.771. The summed E-state index contributed by atoms with van der Waals surface area (Å²) in [4.78, 5) is 9.89. The Morgan fingerprint density at radius 2 is 2.40 bits per heavy atom. The molecule has 2 nitrogen and oxygen atoms in total. The number of nitrogens with zero attached hydrogens (tertiary/aromatic N) is 1. The minimum Gasteiger partial charge on any atom is -0.357 e. The molecule has 0 N–H and O–H groups in total. The Morgan fingerprint density at radius 1 is 1.60 bits per heavy atom. The number of aldehydes is 1. The molecule has 1 aromatic rings. The first kappa shape index (κ1) is 6.81. The number of hydrogen-bond acceptors (Lipinski definition) is 1. The summed E-state index contributed by atoms with van der Waals surface area (Å²) in [5, 5.41) is 0. The van der Waals surface area contributed by atoms with Gasteiger partial charge in [0.05, 0.1) is 0 Å². The maximum Gasteiger partial charge on any atom is 0.142 e. The Hall–Kier alpha value is -1.31. The van der Waals surface area contributed by atoms with Crippen LogP contribution in [0, 0.1) is 0 Å². The van der Waals surface area contributed by atoms with Crippen LogP contribution in [0.2, 0.25) is 0 Å². The molecule has 0 aliphatic carbocycles. The third-order valence-electron chi connectivity index (χ3n) is 1.22. The molecule has 0 spiro atoms. The van der Waals surface area contributed by atoms with Gasteiger partial charge in [-0.05, 0) is 17.7 Å². The molecule has 0 bridgehead atoms. The van der Waals surface area contributed by atoms with Gasteiger partial charge in [0.2, 0.25) is 0 Å². The van der Waals surface area contributed by atoms with Gasteiger partial charge in [0.25, 0.3) is 0 Å². The maximum absolute atomic E-state index is 9.89. The predicted octanol–water partition coefficient (Wildman–Crippen LogP) is 1.24. The molecule has 0 fully saturated rings. The van der Waals surface area contributed by atoms with Crippen molar-refractivity contribution in [2.24, 2.45) is 7.05 Å². The summed E-state index contributed by atoms with van der Waals surface area (Å²) in [7, 11) is 1.94. The molecule has 0 aliphatic heterocycles. The number of aryl methyl sites for hydroxylation is 1. The monoisotopic (exact) mass is 135 g/mol. The van der Waals surface area contributed by atoms with Crippen molar-refractivity contribution in [2.45, 2.75) is 0 Å². The lowest BCUT2D eigenvalue weighted by Gasteiger charge is -1.82. The van der Waals surface area contributed by atoms with E-state index >= 15 is 0 Å². The third kappa shape index (κ3) is 1.58. The van der Waals surface area contributed by atoms with E-state index in [4.69, 9.17) is 0 Å². The smallest absolute Gasteiger partial charge is 0.142 e. The van der Waals surface area contributed by atoms with Gasteiger partial charge in [-0.2, -0.15) is 0 Å². The molecule has 0 aromatic carbocycles. The van der Waals surface area contributed by atoms with Crippen molar-refractivity contribution in [3.8, 4) is 0 Å². The highest BCUT2D eigenvalue weighted by atomic mass is 16.1. The zero-order chi connectivity index (χ0) is 7.40. The normalized spacial score (nSPS) is 10.5. The van der Waals surface area contributed by atoms with E-state index in [-0.39, 0.29) is 0 Å². The first-order chi connectivity index (χ1) is 4.83. The molecule has 1 rings (SSSR count). The van der Waals surface area contributed by atoms with Crippen molar-refractivity contribution in [3.05, 3.63) is 30.1 Å². The lowest BCUT2D eigenvalue weighted by molar-refractivity contribution is -0.104. The van der Waals surface area contributed by atoms with Gasteiger partial charge in [-0.15, -0.1) is 0 Å². The van der Waals surface area contributed by atoms with Crippen LogP contribution in [0.1, 0.15) is 5.56 Å². The van der Waals surface area contributed by atoms with Gasteiger partial charge in [-0.1, -0.05) is 6.08 Å². The topological polar surface area (TPSA) is 22.0 Å². The quantitative estimate of drug-likeness (QED) is 0.441. The van der Waals surface area contributed by atoms with Crippen LogP contribution in [0.3, 0.4) is 0 Å². The number of carbonyl (C=O) groups is 1. The van der Waals surface area contributed by atoms with Gasteiger partial charge in [0, 0.05) is 19.4 Å². The molecule has 0 atom stereocenters. The summed E-state index contributed by atoms with van der Waals surface area (Å²) in [6, 6.07) is 1.94. The second-order valence-electron chi connectivity index (χ2n) is 2.11. The summed E-state index contributed by atoms with van der Waals surface area (Å²) in [5.74, 6) is 0. The average molecular weight is 135 g/mol. The summed E-state index contributed by atoms with van der Waals surface area (Å²) >= 11 is 0. The zero-order valence-corrected chi connectivity index (χ0v) is 5.82. The van der Waals surface area contributed by atoms with E-state index < -0.39 is 0 Å². The summed E-state index contributed by atoms with van der Waals surface area (Å²) in [6.45, 7) is 0. The zero-order valence-electron chi connectivity index (χ0n) is 5.82. The molecule has 0 radical (unpaired) electrons. The van der Waals surface area contributed by atoms with E-state index in [1.807, 2.05) is 30.1 Å². The van der Waals surface area contributed by atoms with Crippen LogP contribution in [-0.4, -0.2) is 10.9 Å². The van der Waals surface area contributed by atoms with E-state index in [1.165, 1.54) is 6.08 Å². The molecular weight excluding hydrogens is 126 g/mol. The first-order valence-corrected chi connectivity index (χ1v) is 3.07. The molecular formula is C8H9NO. The van der Waals surface area contributed by atoms with Gasteiger partial charge in [-0.3, -0.25) is 4.79 Å². The number of carbonyl (C=O) groups excluding carboxylic acids is 1. The van der Waals surface area contributed by atoms with Crippen molar-refractivity contribution in [1.82, 2.24) is 4.57 Å². The van der Waals surface area contributed by atoms with Crippen molar-refractivity contribution in [3.63, 3.8) is 0 Å². The fourth-order valence-corrected chi connectivity index (χ4v) is 0.774. The maximum atomic E-state index is 9.89. The minimum absolute atomic E-state index is 0.771. The standard InChI is InChI=1S/C8H9NO/c1-9-5-4-8(7-9)3-2-6-10/h2-7H,1H3/b3-2+. The van der Waals surface area contributed by atoms with Crippen LogP contribution in [0.15, 0.2) is 24.5 Å². The molecule has 0 aliphatic rings. The van der Waals surface area contributed by atoms with Crippen molar-refractivity contribution in [2.75, 3.05) is 0 Å². The highest BCUT2D eigenvalue weighted by Gasteiger charge is 1.85. The van der Waals surface area contributed by atoms with E-state index in [1.54, 1.807) is 6.08 Å². The van der Waals surface area contributed by atoms with E-state index in [9.17, 15) is 4.79 Å². The van der Waals surface area contributed by atoms with Crippen LogP contribution in [0.4, 0.5) is 0 Å². The fourth-order valence-electron chi connectivity index (χ4n) is 0.774. The van der Waals surface area contributed by atoms with E-state index in [0.717, 1.165) is 11.8 Å². The second-order valence-corrected chi connectivity index (χ2v) is 2.11. The Bertz CT molecular complexity index is 248. The molecule has 0 unspecified atom stereocenters. The Labute approximate surface area is 59.8 Å². The lowest BCUT2D eigenvalue weighted by Crippen LogP contribution is -1.77. The van der Waals surface area contributed by atoms with Gasteiger partial charge >= 0.3 is 0 Å². The van der Waals surface area contributed by atoms with Gasteiger partial charge in [0.15, 0.2) is 0 Å². The molecule has 0 saturated heterocycles. The molecule has 0 amide bonds. The molecule has 1 aromatic heterocycles. The molecule has 2 heteroatoms. The van der Waals surface area contributed by atoms with Crippen LogP contribution in [-0.2, 0) is 11.8 Å². The Balaban J connectivity index is 2.75. The average Bonchev–Trinajstić information content (AvgIpc) is 2.31. The van der Waals surface area contributed by atoms with Crippen molar-refractivity contribution in [1.29, 1.82) is 0 Å². The fraction of sp³-hybridized carbons (Fsp3) is 0.125. The third-order valence-corrected chi connectivity index (χ3v) is 1.22. The molecule has 10 heavy (non-hydrogen) atoms. The number of rotatable bonds is 2. The van der Waals surface area contributed by atoms with Crippen molar-refractivity contribution >= 4 is 12.4 Å². The highest BCUT2D eigenvalue weighted by molar-refractivity contribution is 5.73. The Kier molecular flexibility index (Phi) is 2.05. The summed E-state index contributed by atoms with van der Waals surface area (Å²) < 4.78 is 1.93. The highest BCUT2D eigenvalue weighted by Crippen LogP contribution is 2.00. The molecule has 1 heterocycles. The number of aromatic nitrogens is 1. The van der Waals surface area contributed by atoms with Gasteiger partial charge in [-0.25, -0.2) is 0 Å². The van der Waals surface area contributed by atoms with Crippen molar-refractivity contribution < 1.29 is 4.79 Å². The van der Waals surface area contributed by atoms with Crippen LogP contribution >= 0.6 is 0 Å². The summed E-state index contributed by atoms with van der Waals surface area (Å²) in [5.41, 5.74) is 1.05. The SMILES string of the molecule is Cn1ccc(/C=C/C=O)c1. The van der Waals surface area contributed by atoms with Crippen LogP contribution in [0.25, 0.3) is 6.08 Å². The molecule has 0 saturated carbocycles. The van der Waals surface area contributed by atoms with E-state index in [2.05, 4.69) is 0 Å². The number of hydrogen-bond donors (Lipinski definition) is 0. The summed E-state index contributed by atoms with van der Waals surface area (Å²) in [6.07, 6.45) is 7.90. The molecule has 52 valence electrons. The van der Waals surface area contributed by atoms with Crippen LogP contribution < -0.4 is 0 Å². The number of allylic oxidation sites excluding steroid dienone is 1. The Morgan fingerprint density at radius 3 is 2.90 bits per heavy atom.